The number of thioether (sulfide) groups is 1. The van der Waals surface area contributed by atoms with Gasteiger partial charge >= 0.3 is 5.30 Å². The third-order valence-corrected chi connectivity index (χ3v) is 3.77. The highest BCUT2D eigenvalue weighted by Gasteiger charge is 2.17. The van der Waals surface area contributed by atoms with Crippen LogP contribution in [0.15, 0.2) is 29.1 Å². The van der Waals surface area contributed by atoms with Crippen LogP contribution in [0.4, 0.5) is 10.6 Å². The predicted octanol–water partition coefficient (Wildman–Crippen LogP) is 1.95. The van der Waals surface area contributed by atoms with E-state index < -0.39 is 5.30 Å². The highest BCUT2D eigenvalue weighted by atomic mass is 32.2. The summed E-state index contributed by atoms with van der Waals surface area (Å²) in [7, 11) is 0. The molecule has 2 heterocycles. The molecule has 0 saturated heterocycles. The van der Waals surface area contributed by atoms with E-state index in [0.717, 1.165) is 11.8 Å². The Hall–Kier alpha value is -2.35. The van der Waals surface area contributed by atoms with Crippen molar-refractivity contribution in [3.63, 3.8) is 0 Å². The van der Waals surface area contributed by atoms with E-state index in [9.17, 15) is 9.59 Å². The summed E-state index contributed by atoms with van der Waals surface area (Å²) in [6.45, 7) is 3.71. The molecular formula is C13H14N4O3S. The van der Waals surface area contributed by atoms with E-state index in [1.54, 1.807) is 26.1 Å². The average molecular weight is 306 g/mol. The maximum atomic E-state index is 11.3. The third kappa shape index (κ3) is 3.60. The molecule has 21 heavy (non-hydrogen) atoms. The number of allylic oxidation sites excluding steroid dienone is 2. The highest BCUT2D eigenvalue weighted by Crippen LogP contribution is 2.29. The fourth-order valence-corrected chi connectivity index (χ4v) is 2.36. The molecule has 0 unspecified atom stereocenters. The van der Waals surface area contributed by atoms with Crippen LogP contribution < -0.4 is 5.73 Å². The monoisotopic (exact) mass is 306 g/mol. The van der Waals surface area contributed by atoms with E-state index in [0.29, 0.717) is 34.2 Å². The van der Waals surface area contributed by atoms with Gasteiger partial charge in [-0.05, 0) is 31.7 Å². The molecule has 110 valence electrons. The molecule has 7 nitrogen and oxygen atoms in total. The van der Waals surface area contributed by atoms with Gasteiger partial charge in [-0.15, -0.1) is 0 Å². The minimum absolute atomic E-state index is 0.231. The van der Waals surface area contributed by atoms with Gasteiger partial charge in [-0.1, -0.05) is 0 Å². The lowest BCUT2D eigenvalue weighted by Crippen LogP contribution is -2.22. The molecule has 0 spiro atoms. The number of aromatic nitrogens is 2. The van der Waals surface area contributed by atoms with E-state index in [4.69, 9.17) is 5.73 Å². The number of cyclic esters (lactones) is 1. The first-order valence-corrected chi connectivity index (χ1v) is 6.88. The Bertz CT molecular complexity index is 642. The van der Waals surface area contributed by atoms with Crippen molar-refractivity contribution < 1.29 is 14.3 Å². The van der Waals surface area contributed by atoms with Crippen LogP contribution >= 0.6 is 11.8 Å². The number of nitrogens with zero attached hydrogens (tertiary/aromatic N) is 3. The van der Waals surface area contributed by atoms with Crippen LogP contribution in [0.1, 0.15) is 18.3 Å². The summed E-state index contributed by atoms with van der Waals surface area (Å²) in [6, 6.07) is 0. The van der Waals surface area contributed by atoms with Crippen LogP contribution in [-0.4, -0.2) is 26.6 Å². The SMILES string of the molecule is C/C(=C1\C=COC(=O)S1)N(C=O)Cc1cnc(C)nc1N. The quantitative estimate of drug-likeness (QED) is 0.670. The summed E-state index contributed by atoms with van der Waals surface area (Å²) in [5.74, 6) is 0.899. The zero-order valence-electron chi connectivity index (χ0n) is 11.6. The van der Waals surface area contributed by atoms with Crippen LogP contribution in [0, 0.1) is 6.92 Å². The van der Waals surface area contributed by atoms with Crippen molar-refractivity contribution in [1.82, 2.24) is 14.9 Å². The van der Waals surface area contributed by atoms with Crippen molar-refractivity contribution in [1.29, 1.82) is 0 Å². The molecule has 0 saturated carbocycles. The number of nitrogen functional groups attached to an aromatic ring is 1. The first-order valence-electron chi connectivity index (χ1n) is 6.07. The molecule has 1 aromatic rings. The van der Waals surface area contributed by atoms with Gasteiger partial charge in [-0.3, -0.25) is 4.79 Å². The van der Waals surface area contributed by atoms with E-state index in [2.05, 4.69) is 14.7 Å². The second-order valence-corrected chi connectivity index (χ2v) is 5.26. The molecule has 0 bridgehead atoms. The number of carbonyl (C=O) groups excluding carboxylic acids is 2. The first-order chi connectivity index (χ1) is 10.0. The van der Waals surface area contributed by atoms with Gasteiger partial charge in [0.15, 0.2) is 0 Å². The maximum Gasteiger partial charge on any atom is 0.377 e. The molecule has 2 rings (SSSR count). The smallest absolute Gasteiger partial charge is 0.377 e. The van der Waals surface area contributed by atoms with Gasteiger partial charge in [0.25, 0.3) is 0 Å². The van der Waals surface area contributed by atoms with Gasteiger partial charge in [-0.25, -0.2) is 14.8 Å². The number of hydrogen-bond donors (Lipinski definition) is 1. The first kappa shape index (κ1) is 15.0. The van der Waals surface area contributed by atoms with Gasteiger partial charge < -0.3 is 15.4 Å². The zero-order valence-corrected chi connectivity index (χ0v) is 12.4. The Kier molecular flexibility index (Phi) is 4.59. The largest absolute Gasteiger partial charge is 0.426 e. The summed E-state index contributed by atoms with van der Waals surface area (Å²) in [4.78, 5) is 32.8. The summed E-state index contributed by atoms with van der Waals surface area (Å²) in [5.41, 5.74) is 7.09. The van der Waals surface area contributed by atoms with Crippen molar-refractivity contribution in [3.8, 4) is 0 Å². The fourth-order valence-electron chi connectivity index (χ4n) is 1.69. The van der Waals surface area contributed by atoms with E-state index >= 15 is 0 Å². The number of carbonyl (C=O) groups is 2. The summed E-state index contributed by atoms with van der Waals surface area (Å²) >= 11 is 0.924. The summed E-state index contributed by atoms with van der Waals surface area (Å²) in [6.07, 6.45) is 5.19. The third-order valence-electron chi connectivity index (χ3n) is 2.85. The molecule has 8 heteroatoms. The van der Waals surface area contributed by atoms with Crippen molar-refractivity contribution in [2.45, 2.75) is 20.4 Å². The second kappa shape index (κ2) is 6.40. The molecular weight excluding hydrogens is 292 g/mol. The van der Waals surface area contributed by atoms with Gasteiger partial charge in [0.05, 0.1) is 12.8 Å². The number of anilines is 1. The molecule has 1 aliphatic heterocycles. The topological polar surface area (TPSA) is 98.4 Å². The van der Waals surface area contributed by atoms with Gasteiger partial charge in [0.2, 0.25) is 6.41 Å². The lowest BCUT2D eigenvalue weighted by Gasteiger charge is -2.21. The zero-order chi connectivity index (χ0) is 15.4. The van der Waals surface area contributed by atoms with Crippen LogP contribution in [0.25, 0.3) is 0 Å². The molecule has 1 aliphatic rings. The molecule has 0 aliphatic carbocycles. The second-order valence-electron chi connectivity index (χ2n) is 4.28. The van der Waals surface area contributed by atoms with Gasteiger partial charge in [-0.2, -0.15) is 0 Å². The van der Waals surface area contributed by atoms with Crippen LogP contribution in [0.3, 0.4) is 0 Å². The van der Waals surface area contributed by atoms with Crippen LogP contribution in [0.5, 0.6) is 0 Å². The number of hydrogen-bond acceptors (Lipinski definition) is 7. The van der Waals surface area contributed by atoms with Crippen molar-refractivity contribution in [2.75, 3.05) is 5.73 Å². The number of amides is 1. The average Bonchev–Trinajstić information content (AvgIpc) is 2.46. The van der Waals surface area contributed by atoms with E-state index in [1.807, 2.05) is 0 Å². The normalized spacial score (nSPS) is 16.4. The number of aryl methyl sites for hydroxylation is 1. The predicted molar refractivity (Wildman–Crippen MR) is 78.7 cm³/mol. The Morgan fingerprint density at radius 3 is 2.95 bits per heavy atom. The summed E-state index contributed by atoms with van der Waals surface area (Å²) in [5, 5.41) is -0.434. The maximum absolute atomic E-state index is 11.3. The Morgan fingerprint density at radius 1 is 1.57 bits per heavy atom. The van der Waals surface area contributed by atoms with Crippen LogP contribution in [-0.2, 0) is 16.1 Å². The lowest BCUT2D eigenvalue weighted by atomic mass is 10.2. The van der Waals surface area contributed by atoms with Crippen molar-refractivity contribution >= 4 is 29.3 Å². The number of ether oxygens (including phenoxy) is 1. The number of rotatable bonds is 4. The minimum Gasteiger partial charge on any atom is -0.426 e. The lowest BCUT2D eigenvalue weighted by molar-refractivity contribution is -0.116. The van der Waals surface area contributed by atoms with E-state index in [-0.39, 0.29) is 6.54 Å². The Morgan fingerprint density at radius 2 is 2.33 bits per heavy atom. The molecule has 0 atom stereocenters. The van der Waals surface area contributed by atoms with Crippen LogP contribution in [0.2, 0.25) is 0 Å². The minimum atomic E-state index is -0.434. The molecule has 1 aromatic heterocycles. The Balaban J connectivity index is 2.25. The fraction of sp³-hybridized carbons (Fsp3) is 0.231. The van der Waals surface area contributed by atoms with Crippen molar-refractivity contribution in [2.24, 2.45) is 0 Å². The standard InChI is InChI=1S/C13H14N4O3S/c1-8(11-3-4-20-13(19)21-11)17(7-18)6-10-5-15-9(2)16-12(10)14/h3-5,7H,6H2,1-2H3,(H2,14,15,16)/b11-8-. The van der Waals surface area contributed by atoms with Crippen molar-refractivity contribution in [3.05, 3.63) is 40.5 Å². The molecule has 0 fully saturated rings. The van der Waals surface area contributed by atoms with Gasteiger partial charge in [0, 0.05) is 22.4 Å². The Labute approximate surface area is 125 Å². The number of nitrogens with two attached hydrogens (primary N) is 1. The molecule has 1 amide bonds. The molecule has 0 aromatic carbocycles. The summed E-state index contributed by atoms with van der Waals surface area (Å²) < 4.78 is 4.68. The van der Waals surface area contributed by atoms with Gasteiger partial charge in [0.1, 0.15) is 11.6 Å². The molecule has 2 N–H and O–H groups in total. The van der Waals surface area contributed by atoms with E-state index in [1.165, 1.54) is 11.2 Å². The molecule has 0 radical (unpaired) electrons. The highest BCUT2D eigenvalue weighted by molar-refractivity contribution is 8.16.